The molecule has 0 aliphatic rings. The van der Waals surface area contributed by atoms with Gasteiger partial charge in [-0.1, -0.05) is 30.3 Å². The summed E-state index contributed by atoms with van der Waals surface area (Å²) in [6, 6.07) is 9.54. The van der Waals surface area contributed by atoms with Gasteiger partial charge in [0.05, 0.1) is 12.5 Å². The number of carbonyl (C=O) groups excluding carboxylic acids is 2. The minimum atomic E-state index is -0.531. The molecule has 0 bridgehead atoms. The summed E-state index contributed by atoms with van der Waals surface area (Å²) in [6.07, 6.45) is -0.00549. The molecule has 0 aliphatic heterocycles. The minimum Gasteiger partial charge on any atom is -0.384 e. The van der Waals surface area contributed by atoms with Crippen LogP contribution < -0.4 is 11.1 Å². The van der Waals surface area contributed by atoms with Crippen molar-refractivity contribution in [1.29, 1.82) is 0 Å². The lowest BCUT2D eigenvalue weighted by Crippen LogP contribution is -2.35. The van der Waals surface area contributed by atoms with Gasteiger partial charge in [0.1, 0.15) is 0 Å². The zero-order valence-corrected chi connectivity index (χ0v) is 10.4. The van der Waals surface area contributed by atoms with Gasteiger partial charge >= 0.3 is 0 Å². The van der Waals surface area contributed by atoms with Gasteiger partial charge in [0, 0.05) is 20.1 Å². The number of benzene rings is 1. The molecule has 1 aromatic carbocycles. The van der Waals surface area contributed by atoms with E-state index in [1.165, 1.54) is 7.11 Å². The highest BCUT2D eigenvalue weighted by atomic mass is 16.5. The highest BCUT2D eigenvalue weighted by Gasteiger charge is 2.20. The van der Waals surface area contributed by atoms with Gasteiger partial charge in [0.25, 0.3) is 0 Å². The molecule has 0 heterocycles. The molecule has 3 N–H and O–H groups in total. The summed E-state index contributed by atoms with van der Waals surface area (Å²) in [5, 5.41) is 2.76. The molecule has 0 aromatic heterocycles. The fourth-order valence-electron chi connectivity index (χ4n) is 1.60. The maximum Gasteiger partial charge on any atom is 0.226 e. The normalized spacial score (nSPS) is 11.8. The Morgan fingerprint density at radius 2 is 2.00 bits per heavy atom. The summed E-state index contributed by atoms with van der Waals surface area (Å²) in [5.41, 5.74) is 6.10. The predicted octanol–water partition coefficient (Wildman–Crippen LogP) is 0.441. The number of amides is 2. The molecular formula is C13H18N2O3. The van der Waals surface area contributed by atoms with Crippen molar-refractivity contribution < 1.29 is 14.3 Å². The van der Waals surface area contributed by atoms with Crippen molar-refractivity contribution in [2.45, 2.75) is 13.0 Å². The second kappa shape index (κ2) is 7.45. The molecule has 5 nitrogen and oxygen atoms in total. The Morgan fingerprint density at radius 3 is 2.56 bits per heavy atom. The van der Waals surface area contributed by atoms with Gasteiger partial charge in [0.15, 0.2) is 0 Å². The summed E-state index contributed by atoms with van der Waals surface area (Å²) in [5.74, 6) is -1.26. The van der Waals surface area contributed by atoms with Gasteiger partial charge < -0.3 is 15.8 Å². The van der Waals surface area contributed by atoms with Crippen LogP contribution in [0.4, 0.5) is 0 Å². The second-order valence-corrected chi connectivity index (χ2v) is 4.03. The topological polar surface area (TPSA) is 81.4 Å². The van der Waals surface area contributed by atoms with E-state index in [0.29, 0.717) is 6.54 Å². The summed E-state index contributed by atoms with van der Waals surface area (Å²) < 4.78 is 4.91. The smallest absolute Gasteiger partial charge is 0.226 e. The first-order chi connectivity index (χ1) is 8.63. The van der Waals surface area contributed by atoms with Crippen molar-refractivity contribution in [2.75, 3.05) is 13.7 Å². The molecule has 0 spiro atoms. The Morgan fingerprint density at radius 1 is 1.33 bits per heavy atom. The molecule has 0 saturated carbocycles. The highest BCUT2D eigenvalue weighted by molar-refractivity contribution is 5.85. The van der Waals surface area contributed by atoms with E-state index in [0.717, 1.165) is 5.56 Å². The van der Waals surface area contributed by atoms with Crippen molar-refractivity contribution in [3.63, 3.8) is 0 Å². The van der Waals surface area contributed by atoms with Crippen molar-refractivity contribution in [3.05, 3.63) is 35.9 Å². The number of methoxy groups -OCH3 is 1. The second-order valence-electron chi connectivity index (χ2n) is 4.03. The summed E-state index contributed by atoms with van der Waals surface area (Å²) >= 11 is 0. The number of nitrogens with two attached hydrogens (primary N) is 1. The molecule has 1 atom stereocenters. The van der Waals surface area contributed by atoms with Gasteiger partial charge in [-0.15, -0.1) is 0 Å². The fraction of sp³-hybridized carbons (Fsp3) is 0.385. The molecule has 0 unspecified atom stereocenters. The molecule has 0 fully saturated rings. The van der Waals surface area contributed by atoms with Crippen LogP contribution in [0.25, 0.3) is 0 Å². The van der Waals surface area contributed by atoms with Gasteiger partial charge in [-0.3, -0.25) is 9.59 Å². The maximum absolute atomic E-state index is 11.8. The molecule has 1 aromatic rings. The van der Waals surface area contributed by atoms with E-state index < -0.39 is 11.8 Å². The molecule has 18 heavy (non-hydrogen) atoms. The van der Waals surface area contributed by atoms with Crippen LogP contribution in [0, 0.1) is 5.92 Å². The number of hydrogen-bond donors (Lipinski definition) is 2. The minimum absolute atomic E-state index is 0.00549. The van der Waals surface area contributed by atoms with Crippen molar-refractivity contribution >= 4 is 11.8 Å². The van der Waals surface area contributed by atoms with Crippen LogP contribution >= 0.6 is 0 Å². The van der Waals surface area contributed by atoms with Crippen molar-refractivity contribution in [3.8, 4) is 0 Å². The molecule has 5 heteroatoms. The van der Waals surface area contributed by atoms with Crippen LogP contribution in [0.1, 0.15) is 12.0 Å². The number of primary amides is 1. The third-order valence-corrected chi connectivity index (χ3v) is 2.50. The first-order valence-electron chi connectivity index (χ1n) is 5.72. The van der Waals surface area contributed by atoms with E-state index in [2.05, 4.69) is 5.32 Å². The monoisotopic (exact) mass is 250 g/mol. The Hall–Kier alpha value is -1.88. The third kappa shape index (κ3) is 4.97. The Labute approximate surface area is 106 Å². The van der Waals surface area contributed by atoms with Crippen LogP contribution in [-0.2, 0) is 20.9 Å². The number of rotatable bonds is 7. The van der Waals surface area contributed by atoms with Gasteiger partial charge in [-0.05, 0) is 5.56 Å². The molecule has 0 saturated heterocycles. The first-order valence-corrected chi connectivity index (χ1v) is 5.72. The van der Waals surface area contributed by atoms with Gasteiger partial charge in [-0.2, -0.15) is 0 Å². The van der Waals surface area contributed by atoms with Gasteiger partial charge in [0.2, 0.25) is 11.8 Å². The molecule has 98 valence electrons. The zero-order valence-electron chi connectivity index (χ0n) is 10.4. The van der Waals surface area contributed by atoms with Crippen LogP contribution in [0.2, 0.25) is 0 Å². The number of nitrogens with one attached hydrogen (secondary N) is 1. The lowest BCUT2D eigenvalue weighted by Gasteiger charge is -2.14. The van der Waals surface area contributed by atoms with E-state index in [1.54, 1.807) is 0 Å². The molecule has 2 amide bonds. The summed E-state index contributed by atoms with van der Waals surface area (Å²) in [4.78, 5) is 22.7. The summed E-state index contributed by atoms with van der Waals surface area (Å²) in [6.45, 7) is 0.613. The lowest BCUT2D eigenvalue weighted by atomic mass is 10.1. The van der Waals surface area contributed by atoms with Crippen LogP contribution in [0.5, 0.6) is 0 Å². The zero-order chi connectivity index (χ0) is 13.4. The standard InChI is InChI=1S/C13H18N2O3/c1-18-9-11(7-12(14)16)13(17)15-8-10-5-3-2-4-6-10/h2-6,11H,7-9H2,1H3,(H2,14,16)(H,15,17)/t11-/m1/s1. The number of carbonyl (C=O) groups is 2. The van der Waals surface area contributed by atoms with Crippen LogP contribution in [-0.4, -0.2) is 25.5 Å². The summed E-state index contributed by atoms with van der Waals surface area (Å²) in [7, 11) is 1.48. The van der Waals surface area contributed by atoms with Crippen molar-refractivity contribution in [1.82, 2.24) is 5.32 Å². The Bertz CT molecular complexity index is 392. The van der Waals surface area contributed by atoms with E-state index in [1.807, 2.05) is 30.3 Å². The van der Waals surface area contributed by atoms with E-state index in [-0.39, 0.29) is 18.9 Å². The Balaban J connectivity index is 2.48. The van der Waals surface area contributed by atoms with Crippen molar-refractivity contribution in [2.24, 2.45) is 11.7 Å². The quantitative estimate of drug-likeness (QED) is 0.736. The van der Waals surface area contributed by atoms with Gasteiger partial charge in [-0.25, -0.2) is 0 Å². The Kier molecular flexibility index (Phi) is 5.87. The number of hydrogen-bond acceptors (Lipinski definition) is 3. The predicted molar refractivity (Wildman–Crippen MR) is 67.5 cm³/mol. The highest BCUT2D eigenvalue weighted by Crippen LogP contribution is 2.05. The molecular weight excluding hydrogens is 232 g/mol. The fourth-order valence-corrected chi connectivity index (χ4v) is 1.60. The lowest BCUT2D eigenvalue weighted by molar-refractivity contribution is -0.131. The molecule has 1 rings (SSSR count). The molecule has 0 radical (unpaired) electrons. The maximum atomic E-state index is 11.8. The van der Waals surface area contributed by atoms with Crippen LogP contribution in [0.15, 0.2) is 30.3 Å². The van der Waals surface area contributed by atoms with E-state index >= 15 is 0 Å². The van der Waals surface area contributed by atoms with E-state index in [4.69, 9.17) is 10.5 Å². The first kappa shape index (κ1) is 14.2. The molecule has 0 aliphatic carbocycles. The van der Waals surface area contributed by atoms with Crippen LogP contribution in [0.3, 0.4) is 0 Å². The largest absolute Gasteiger partial charge is 0.384 e. The SMILES string of the molecule is COC[C@@H](CC(N)=O)C(=O)NCc1ccccc1. The average Bonchev–Trinajstić information content (AvgIpc) is 2.36. The third-order valence-electron chi connectivity index (χ3n) is 2.50. The number of ether oxygens (including phenoxy) is 1. The average molecular weight is 250 g/mol. The van der Waals surface area contributed by atoms with E-state index in [9.17, 15) is 9.59 Å².